The van der Waals surface area contributed by atoms with Gasteiger partial charge in [0.25, 0.3) is 0 Å². The predicted octanol–water partition coefficient (Wildman–Crippen LogP) is 4.65. The van der Waals surface area contributed by atoms with Crippen LogP contribution in [0.4, 0.5) is 0 Å². The van der Waals surface area contributed by atoms with E-state index in [1.54, 1.807) is 11.8 Å². The van der Waals surface area contributed by atoms with Crippen molar-refractivity contribution in [3.63, 3.8) is 0 Å². The molecule has 1 N–H and O–H groups in total. The number of furan rings is 1. The van der Waals surface area contributed by atoms with Gasteiger partial charge in [-0.3, -0.25) is 0 Å². The number of thioether (sulfide) groups is 1. The lowest BCUT2D eigenvalue weighted by Crippen LogP contribution is -2.18. The molecule has 102 valence electrons. The molecule has 1 aromatic heterocycles. The van der Waals surface area contributed by atoms with Crippen molar-refractivity contribution in [1.29, 1.82) is 0 Å². The molecule has 0 aliphatic rings. The highest BCUT2D eigenvalue weighted by molar-refractivity contribution is 7.97. The molecule has 19 heavy (non-hydrogen) atoms. The van der Waals surface area contributed by atoms with E-state index in [0.29, 0.717) is 6.54 Å². The molecule has 1 atom stereocenters. The topological polar surface area (TPSA) is 25.2 Å². The maximum atomic E-state index is 6.18. The minimum Gasteiger partial charge on any atom is -0.464 e. The van der Waals surface area contributed by atoms with E-state index >= 15 is 0 Å². The second kappa shape index (κ2) is 7.04. The molecule has 0 aliphatic heterocycles. The Labute approximate surface area is 123 Å². The second-order valence-electron chi connectivity index (χ2n) is 4.43. The van der Waals surface area contributed by atoms with E-state index in [2.05, 4.69) is 18.5 Å². The summed E-state index contributed by atoms with van der Waals surface area (Å²) in [6, 6.07) is 12.2. The van der Waals surface area contributed by atoms with Crippen LogP contribution in [0.25, 0.3) is 0 Å². The number of halogens is 1. The minimum absolute atomic E-state index is 0.197. The van der Waals surface area contributed by atoms with Crippen LogP contribution in [-0.4, -0.2) is 6.26 Å². The molecule has 1 heterocycles. The van der Waals surface area contributed by atoms with Gasteiger partial charge in [0.2, 0.25) is 0 Å². The Morgan fingerprint density at radius 3 is 2.68 bits per heavy atom. The first-order valence-corrected chi connectivity index (χ1v) is 8.02. The lowest BCUT2D eigenvalue weighted by atomic mass is 10.1. The van der Waals surface area contributed by atoms with Crippen LogP contribution in [0, 0.1) is 0 Å². The molecule has 2 nitrogen and oxygen atoms in total. The van der Waals surface area contributed by atoms with Crippen molar-refractivity contribution in [2.24, 2.45) is 0 Å². The predicted molar refractivity (Wildman–Crippen MR) is 82.6 cm³/mol. The summed E-state index contributed by atoms with van der Waals surface area (Å²) in [6.45, 7) is 2.81. The van der Waals surface area contributed by atoms with Crippen molar-refractivity contribution >= 4 is 23.4 Å². The molecule has 2 aromatic rings. The molecule has 0 saturated heterocycles. The third kappa shape index (κ3) is 4.03. The smallest absolute Gasteiger partial charge is 0.118 e. The van der Waals surface area contributed by atoms with Gasteiger partial charge in [-0.05, 0) is 36.9 Å². The molecule has 1 aromatic carbocycles. The Balaban J connectivity index is 1.92. The van der Waals surface area contributed by atoms with Crippen LogP contribution in [0.3, 0.4) is 0 Å². The lowest BCUT2D eigenvalue weighted by molar-refractivity contribution is 0.442. The van der Waals surface area contributed by atoms with Gasteiger partial charge in [0, 0.05) is 11.1 Å². The van der Waals surface area contributed by atoms with Crippen LogP contribution in [0.15, 0.2) is 40.8 Å². The van der Waals surface area contributed by atoms with Gasteiger partial charge in [-0.2, -0.15) is 11.8 Å². The normalized spacial score (nSPS) is 12.6. The van der Waals surface area contributed by atoms with Gasteiger partial charge in [-0.1, -0.05) is 29.8 Å². The highest BCUT2D eigenvalue weighted by Crippen LogP contribution is 2.22. The van der Waals surface area contributed by atoms with E-state index < -0.39 is 0 Å². The van der Waals surface area contributed by atoms with Crippen LogP contribution in [-0.2, 0) is 12.3 Å². The van der Waals surface area contributed by atoms with E-state index in [0.717, 1.165) is 27.9 Å². The second-order valence-corrected chi connectivity index (χ2v) is 5.70. The lowest BCUT2D eigenvalue weighted by Gasteiger charge is -2.14. The van der Waals surface area contributed by atoms with Crippen molar-refractivity contribution in [2.45, 2.75) is 25.3 Å². The Bertz CT molecular complexity index is 526. The summed E-state index contributed by atoms with van der Waals surface area (Å²) in [7, 11) is 0. The number of benzene rings is 1. The fourth-order valence-corrected chi connectivity index (χ4v) is 2.67. The average molecular weight is 296 g/mol. The Morgan fingerprint density at radius 2 is 1.95 bits per heavy atom. The van der Waals surface area contributed by atoms with Crippen LogP contribution in [0.2, 0.25) is 5.02 Å². The monoisotopic (exact) mass is 295 g/mol. The number of rotatable bonds is 6. The molecule has 0 aliphatic carbocycles. The number of hydrogen-bond donors (Lipinski definition) is 1. The van der Waals surface area contributed by atoms with E-state index in [-0.39, 0.29) is 6.04 Å². The quantitative estimate of drug-likeness (QED) is 0.840. The molecule has 0 radical (unpaired) electrons. The Morgan fingerprint density at radius 1 is 1.21 bits per heavy atom. The van der Waals surface area contributed by atoms with Gasteiger partial charge >= 0.3 is 0 Å². The molecule has 4 heteroatoms. The van der Waals surface area contributed by atoms with Crippen LogP contribution < -0.4 is 5.32 Å². The fourth-order valence-electron chi connectivity index (χ4n) is 1.93. The molecular weight excluding hydrogens is 278 g/mol. The Kier molecular flexibility index (Phi) is 5.37. The van der Waals surface area contributed by atoms with E-state index in [1.807, 2.05) is 36.4 Å². The summed E-state index contributed by atoms with van der Waals surface area (Å²) < 4.78 is 5.72. The maximum Gasteiger partial charge on any atom is 0.118 e. The number of nitrogens with one attached hydrogen (secondary N) is 1. The van der Waals surface area contributed by atoms with Crippen molar-refractivity contribution in [1.82, 2.24) is 5.32 Å². The molecule has 0 amide bonds. The summed E-state index contributed by atoms with van der Waals surface area (Å²) >= 11 is 7.94. The minimum atomic E-state index is 0.197. The van der Waals surface area contributed by atoms with Crippen LogP contribution in [0.5, 0.6) is 0 Å². The van der Waals surface area contributed by atoms with E-state index in [9.17, 15) is 0 Å². The zero-order valence-corrected chi connectivity index (χ0v) is 12.7. The zero-order valence-electron chi connectivity index (χ0n) is 11.2. The molecular formula is C15H18ClNOS. The SMILES string of the molecule is CSCc1ccc(CNC(C)c2ccccc2Cl)o1. The molecule has 0 fully saturated rings. The van der Waals surface area contributed by atoms with Gasteiger partial charge in [0.1, 0.15) is 11.5 Å². The van der Waals surface area contributed by atoms with Gasteiger partial charge in [-0.15, -0.1) is 0 Å². The molecule has 0 spiro atoms. The average Bonchev–Trinajstić information content (AvgIpc) is 2.85. The Hall–Kier alpha value is -0.900. The van der Waals surface area contributed by atoms with Crippen molar-refractivity contribution in [2.75, 3.05) is 6.26 Å². The first-order chi connectivity index (χ1) is 9.20. The van der Waals surface area contributed by atoms with Gasteiger partial charge in [0.15, 0.2) is 0 Å². The third-order valence-electron chi connectivity index (χ3n) is 2.96. The van der Waals surface area contributed by atoms with Crippen molar-refractivity contribution < 1.29 is 4.42 Å². The third-order valence-corrected chi connectivity index (χ3v) is 3.88. The highest BCUT2D eigenvalue weighted by Gasteiger charge is 2.09. The first kappa shape index (κ1) is 14.5. The van der Waals surface area contributed by atoms with Crippen molar-refractivity contribution in [3.8, 4) is 0 Å². The molecule has 1 unspecified atom stereocenters. The largest absolute Gasteiger partial charge is 0.464 e. The van der Waals surface area contributed by atoms with Crippen molar-refractivity contribution in [3.05, 3.63) is 58.5 Å². The highest BCUT2D eigenvalue weighted by atomic mass is 35.5. The summed E-state index contributed by atoms with van der Waals surface area (Å²) in [4.78, 5) is 0. The first-order valence-electron chi connectivity index (χ1n) is 6.25. The molecule has 2 rings (SSSR count). The van der Waals surface area contributed by atoms with Crippen LogP contribution >= 0.6 is 23.4 Å². The zero-order chi connectivity index (χ0) is 13.7. The van der Waals surface area contributed by atoms with Gasteiger partial charge in [0.05, 0.1) is 12.3 Å². The number of hydrogen-bond acceptors (Lipinski definition) is 3. The fraction of sp³-hybridized carbons (Fsp3) is 0.333. The van der Waals surface area contributed by atoms with Gasteiger partial charge in [-0.25, -0.2) is 0 Å². The maximum absolute atomic E-state index is 6.18. The standard InChI is InChI=1S/C15H18ClNOS/c1-11(14-5-3-4-6-15(14)16)17-9-12-7-8-13(18-12)10-19-2/h3-8,11,17H,9-10H2,1-2H3. The summed E-state index contributed by atoms with van der Waals surface area (Å²) in [5, 5.41) is 4.22. The molecule has 0 saturated carbocycles. The van der Waals surface area contributed by atoms with E-state index in [1.165, 1.54) is 0 Å². The summed E-state index contributed by atoms with van der Waals surface area (Å²) in [6.07, 6.45) is 2.07. The molecule has 0 bridgehead atoms. The van der Waals surface area contributed by atoms with E-state index in [4.69, 9.17) is 16.0 Å². The van der Waals surface area contributed by atoms with Gasteiger partial charge < -0.3 is 9.73 Å². The van der Waals surface area contributed by atoms with Crippen LogP contribution in [0.1, 0.15) is 30.0 Å². The summed E-state index contributed by atoms with van der Waals surface area (Å²) in [5.41, 5.74) is 1.11. The summed E-state index contributed by atoms with van der Waals surface area (Å²) in [5.74, 6) is 2.90.